The van der Waals surface area contributed by atoms with Crippen molar-refractivity contribution in [2.45, 2.75) is 31.8 Å². The molecule has 94 valence electrons. The van der Waals surface area contributed by atoms with E-state index in [2.05, 4.69) is 4.90 Å². The van der Waals surface area contributed by atoms with Crippen LogP contribution in [0.2, 0.25) is 5.02 Å². The fourth-order valence-corrected chi connectivity index (χ4v) is 2.61. The van der Waals surface area contributed by atoms with Gasteiger partial charge < -0.3 is 5.73 Å². The molecule has 4 heteroatoms. The van der Waals surface area contributed by atoms with Crippen LogP contribution in [0.4, 0.5) is 4.39 Å². The lowest BCUT2D eigenvalue weighted by molar-refractivity contribution is 0.145. The molecule has 1 aliphatic heterocycles. The molecule has 1 atom stereocenters. The van der Waals surface area contributed by atoms with E-state index in [-0.39, 0.29) is 10.8 Å². The van der Waals surface area contributed by atoms with Gasteiger partial charge in [-0.05, 0) is 37.1 Å². The van der Waals surface area contributed by atoms with Crippen LogP contribution in [-0.2, 0) is 6.54 Å². The number of likely N-dealkylation sites (tertiary alicyclic amines) is 1. The highest BCUT2D eigenvalue weighted by Crippen LogP contribution is 2.21. The summed E-state index contributed by atoms with van der Waals surface area (Å²) in [5.41, 5.74) is 6.83. The second-order valence-corrected chi connectivity index (χ2v) is 5.01. The third-order valence-electron chi connectivity index (χ3n) is 3.39. The van der Waals surface area contributed by atoms with Gasteiger partial charge in [0.1, 0.15) is 5.82 Å². The molecule has 2 nitrogen and oxygen atoms in total. The van der Waals surface area contributed by atoms with Crippen LogP contribution in [-0.4, -0.2) is 24.0 Å². The fourth-order valence-electron chi connectivity index (χ4n) is 2.41. The van der Waals surface area contributed by atoms with Gasteiger partial charge in [0.05, 0.1) is 5.02 Å². The van der Waals surface area contributed by atoms with Crippen molar-refractivity contribution in [2.75, 3.05) is 13.1 Å². The third-order valence-corrected chi connectivity index (χ3v) is 3.68. The van der Waals surface area contributed by atoms with Crippen molar-refractivity contribution in [2.24, 2.45) is 5.73 Å². The van der Waals surface area contributed by atoms with Gasteiger partial charge in [-0.25, -0.2) is 4.39 Å². The Kier molecular flexibility index (Phi) is 4.37. The van der Waals surface area contributed by atoms with E-state index in [1.165, 1.54) is 18.9 Å². The van der Waals surface area contributed by atoms with Crippen molar-refractivity contribution >= 4 is 11.6 Å². The molecule has 0 aromatic heterocycles. The highest BCUT2D eigenvalue weighted by atomic mass is 35.5. The topological polar surface area (TPSA) is 29.3 Å². The Morgan fingerprint density at radius 3 is 2.94 bits per heavy atom. The highest BCUT2D eigenvalue weighted by Gasteiger charge is 2.21. The molecule has 1 unspecified atom stereocenters. The molecule has 1 aromatic rings. The summed E-state index contributed by atoms with van der Waals surface area (Å²) in [7, 11) is 0. The normalized spacial score (nSPS) is 21.7. The van der Waals surface area contributed by atoms with Crippen molar-refractivity contribution in [3.63, 3.8) is 0 Å². The number of piperidine rings is 1. The van der Waals surface area contributed by atoms with E-state index in [4.69, 9.17) is 17.3 Å². The number of hydrogen-bond acceptors (Lipinski definition) is 2. The van der Waals surface area contributed by atoms with Crippen molar-refractivity contribution in [3.8, 4) is 0 Å². The summed E-state index contributed by atoms with van der Waals surface area (Å²) in [5.74, 6) is -0.357. The van der Waals surface area contributed by atoms with Crippen molar-refractivity contribution < 1.29 is 4.39 Å². The van der Waals surface area contributed by atoms with Crippen LogP contribution in [0.15, 0.2) is 18.2 Å². The number of nitrogens with zero attached hydrogens (tertiary/aromatic N) is 1. The molecule has 0 amide bonds. The van der Waals surface area contributed by atoms with Gasteiger partial charge in [-0.2, -0.15) is 0 Å². The average Bonchev–Trinajstić information content (AvgIpc) is 2.34. The lowest BCUT2D eigenvalue weighted by Gasteiger charge is -2.35. The summed E-state index contributed by atoms with van der Waals surface area (Å²) >= 11 is 5.78. The van der Waals surface area contributed by atoms with Crippen molar-refractivity contribution in [1.82, 2.24) is 4.90 Å². The first kappa shape index (κ1) is 12.8. The summed E-state index contributed by atoms with van der Waals surface area (Å²) in [5, 5.41) is 0.198. The first-order valence-electron chi connectivity index (χ1n) is 6.08. The molecule has 1 aliphatic rings. The SMILES string of the molecule is NCC1CCCCN1Cc1ccc(F)c(Cl)c1. The summed E-state index contributed by atoms with van der Waals surface area (Å²) in [6.07, 6.45) is 3.62. The van der Waals surface area contributed by atoms with Crippen LogP contribution in [0.5, 0.6) is 0 Å². The highest BCUT2D eigenvalue weighted by molar-refractivity contribution is 6.30. The number of hydrogen-bond donors (Lipinski definition) is 1. The van der Waals surface area contributed by atoms with Gasteiger partial charge in [0.15, 0.2) is 0 Å². The molecule has 1 aromatic carbocycles. The van der Waals surface area contributed by atoms with Gasteiger partial charge in [0.2, 0.25) is 0 Å². The first-order chi connectivity index (χ1) is 8.20. The fraction of sp³-hybridized carbons (Fsp3) is 0.538. The van der Waals surface area contributed by atoms with Gasteiger partial charge in [-0.1, -0.05) is 24.1 Å². The van der Waals surface area contributed by atoms with E-state index in [1.807, 2.05) is 0 Å². The molecule has 0 radical (unpaired) electrons. The molecule has 17 heavy (non-hydrogen) atoms. The largest absolute Gasteiger partial charge is 0.329 e. The van der Waals surface area contributed by atoms with Gasteiger partial charge in [-0.3, -0.25) is 4.90 Å². The zero-order valence-corrected chi connectivity index (χ0v) is 10.6. The van der Waals surface area contributed by atoms with Crippen LogP contribution in [0.1, 0.15) is 24.8 Å². The van der Waals surface area contributed by atoms with Crippen LogP contribution < -0.4 is 5.73 Å². The van der Waals surface area contributed by atoms with E-state index in [9.17, 15) is 4.39 Å². The lowest BCUT2D eigenvalue weighted by atomic mass is 10.0. The predicted octanol–water partition coefficient (Wildman–Crippen LogP) is 2.79. The molecule has 1 saturated heterocycles. The van der Waals surface area contributed by atoms with E-state index < -0.39 is 0 Å². The summed E-state index contributed by atoms with van der Waals surface area (Å²) in [6, 6.07) is 5.38. The molecule has 0 saturated carbocycles. The van der Waals surface area contributed by atoms with Gasteiger partial charge in [0, 0.05) is 19.1 Å². The van der Waals surface area contributed by atoms with Crippen molar-refractivity contribution in [3.05, 3.63) is 34.6 Å². The standard InChI is InChI=1S/C13H18ClFN2/c14-12-7-10(4-5-13(12)15)9-17-6-2-1-3-11(17)8-16/h4-5,7,11H,1-3,6,8-9,16H2. The lowest BCUT2D eigenvalue weighted by Crippen LogP contribution is -2.43. The Bertz CT molecular complexity index is 384. The minimum Gasteiger partial charge on any atom is -0.329 e. The number of nitrogens with two attached hydrogens (primary N) is 1. The molecule has 0 spiro atoms. The number of benzene rings is 1. The maximum atomic E-state index is 13.1. The third kappa shape index (κ3) is 3.18. The number of rotatable bonds is 3. The molecule has 2 rings (SSSR count). The summed E-state index contributed by atoms with van der Waals surface area (Å²) < 4.78 is 13.1. The predicted molar refractivity (Wildman–Crippen MR) is 68.5 cm³/mol. The number of halogens is 2. The molecule has 0 bridgehead atoms. The van der Waals surface area contributed by atoms with E-state index in [0.717, 1.165) is 25.1 Å². The summed E-state index contributed by atoms with van der Waals surface area (Å²) in [6.45, 7) is 2.56. The monoisotopic (exact) mass is 256 g/mol. The molecule has 0 aliphatic carbocycles. The van der Waals surface area contributed by atoms with Crippen LogP contribution in [0, 0.1) is 5.82 Å². The minimum absolute atomic E-state index is 0.198. The Balaban J connectivity index is 2.05. The zero-order valence-electron chi connectivity index (χ0n) is 9.83. The van der Waals surface area contributed by atoms with Gasteiger partial charge in [0.25, 0.3) is 0 Å². The second-order valence-electron chi connectivity index (χ2n) is 4.60. The van der Waals surface area contributed by atoms with E-state index >= 15 is 0 Å². The van der Waals surface area contributed by atoms with Crippen LogP contribution in [0.25, 0.3) is 0 Å². The smallest absolute Gasteiger partial charge is 0.141 e. The maximum absolute atomic E-state index is 13.1. The Morgan fingerprint density at radius 1 is 1.41 bits per heavy atom. The Hall–Kier alpha value is -0.640. The van der Waals surface area contributed by atoms with Crippen LogP contribution >= 0.6 is 11.6 Å². The van der Waals surface area contributed by atoms with Crippen molar-refractivity contribution in [1.29, 1.82) is 0 Å². The molecule has 1 heterocycles. The average molecular weight is 257 g/mol. The van der Waals surface area contributed by atoms with E-state index in [1.54, 1.807) is 12.1 Å². The quantitative estimate of drug-likeness (QED) is 0.901. The van der Waals surface area contributed by atoms with E-state index in [0.29, 0.717) is 12.6 Å². The first-order valence-corrected chi connectivity index (χ1v) is 6.46. The molecule has 1 fully saturated rings. The molecular weight excluding hydrogens is 239 g/mol. The van der Waals surface area contributed by atoms with Gasteiger partial charge in [-0.15, -0.1) is 0 Å². The second kappa shape index (κ2) is 5.80. The Labute approximate surface area is 107 Å². The minimum atomic E-state index is -0.357. The van der Waals surface area contributed by atoms with Gasteiger partial charge >= 0.3 is 0 Å². The van der Waals surface area contributed by atoms with Crippen LogP contribution in [0.3, 0.4) is 0 Å². The zero-order chi connectivity index (χ0) is 12.3. The maximum Gasteiger partial charge on any atom is 0.141 e. The molecule has 2 N–H and O–H groups in total. The molecular formula is C13H18ClFN2. The Morgan fingerprint density at radius 2 is 2.24 bits per heavy atom. The summed E-state index contributed by atoms with van der Waals surface area (Å²) in [4.78, 5) is 2.37.